The highest BCUT2D eigenvalue weighted by Crippen LogP contribution is 2.20. The van der Waals surface area contributed by atoms with E-state index in [0.29, 0.717) is 5.69 Å². The first kappa shape index (κ1) is 18.7. The number of amides is 2. The topological polar surface area (TPSA) is 61.4 Å². The summed E-state index contributed by atoms with van der Waals surface area (Å²) >= 11 is 5.64. The fourth-order valence-corrected chi connectivity index (χ4v) is 2.47. The van der Waals surface area contributed by atoms with Crippen LogP contribution in [-0.2, 0) is 9.59 Å². The highest BCUT2D eigenvalue weighted by atomic mass is 35.5. The van der Waals surface area contributed by atoms with Gasteiger partial charge in [0.2, 0.25) is 0 Å². The Bertz CT molecular complexity index is 761. The third-order valence-electron chi connectivity index (χ3n) is 3.64. The molecule has 0 aliphatic rings. The lowest BCUT2D eigenvalue weighted by molar-refractivity contribution is -0.132. The van der Waals surface area contributed by atoms with E-state index in [-0.39, 0.29) is 10.7 Å². The molecule has 0 aromatic heterocycles. The van der Waals surface area contributed by atoms with Crippen molar-refractivity contribution in [2.75, 3.05) is 28.6 Å². The minimum atomic E-state index is -0.865. The molecule has 0 bridgehead atoms. The number of nitrogens with zero attached hydrogens (tertiary/aromatic N) is 1. The molecule has 0 heterocycles. The third kappa shape index (κ3) is 4.93. The summed E-state index contributed by atoms with van der Waals surface area (Å²) in [6.07, 6.45) is 0. The molecule has 132 valence electrons. The maximum atomic E-state index is 13.1. The Morgan fingerprint density at radius 1 is 0.960 bits per heavy atom. The quantitative estimate of drug-likeness (QED) is 0.792. The summed E-state index contributed by atoms with van der Waals surface area (Å²) in [5.74, 6) is -2.29. The SMILES string of the molecule is CCN(CC)c1ccc(NC(=O)C(=O)Nc2ccc(F)c(Cl)c2)cc1. The summed E-state index contributed by atoms with van der Waals surface area (Å²) in [4.78, 5) is 26.0. The van der Waals surface area contributed by atoms with Crippen molar-refractivity contribution in [3.63, 3.8) is 0 Å². The highest BCUT2D eigenvalue weighted by molar-refractivity contribution is 6.43. The molecular formula is C18H19ClFN3O2. The molecule has 0 fully saturated rings. The van der Waals surface area contributed by atoms with Gasteiger partial charge in [0.1, 0.15) is 5.82 Å². The Morgan fingerprint density at radius 2 is 1.48 bits per heavy atom. The number of hydrogen-bond acceptors (Lipinski definition) is 3. The van der Waals surface area contributed by atoms with Crippen LogP contribution >= 0.6 is 11.6 Å². The van der Waals surface area contributed by atoms with E-state index in [4.69, 9.17) is 11.6 Å². The molecule has 25 heavy (non-hydrogen) atoms. The van der Waals surface area contributed by atoms with Crippen molar-refractivity contribution < 1.29 is 14.0 Å². The van der Waals surface area contributed by atoms with Crippen LogP contribution in [0.5, 0.6) is 0 Å². The monoisotopic (exact) mass is 363 g/mol. The van der Waals surface area contributed by atoms with Gasteiger partial charge in [-0.15, -0.1) is 0 Å². The molecule has 0 saturated heterocycles. The van der Waals surface area contributed by atoms with E-state index in [1.54, 1.807) is 12.1 Å². The molecule has 5 nitrogen and oxygen atoms in total. The summed E-state index contributed by atoms with van der Waals surface area (Å²) in [5, 5.41) is 4.75. The predicted octanol–water partition coefficient (Wildman–Crippen LogP) is 3.90. The molecular weight excluding hydrogens is 345 g/mol. The molecule has 2 N–H and O–H groups in total. The van der Waals surface area contributed by atoms with Crippen LogP contribution in [0, 0.1) is 5.82 Å². The number of nitrogens with one attached hydrogen (secondary N) is 2. The smallest absolute Gasteiger partial charge is 0.314 e. The number of benzene rings is 2. The number of carbonyl (C=O) groups excluding carboxylic acids is 2. The zero-order chi connectivity index (χ0) is 18.4. The van der Waals surface area contributed by atoms with Gasteiger partial charge in [-0.05, 0) is 56.3 Å². The predicted molar refractivity (Wildman–Crippen MR) is 98.7 cm³/mol. The van der Waals surface area contributed by atoms with Crippen molar-refractivity contribution in [3.8, 4) is 0 Å². The highest BCUT2D eigenvalue weighted by Gasteiger charge is 2.15. The summed E-state index contributed by atoms with van der Waals surface area (Å²) in [7, 11) is 0. The fourth-order valence-electron chi connectivity index (χ4n) is 2.29. The van der Waals surface area contributed by atoms with Gasteiger partial charge in [0.15, 0.2) is 0 Å². The lowest BCUT2D eigenvalue weighted by atomic mass is 10.2. The molecule has 2 aromatic carbocycles. The van der Waals surface area contributed by atoms with Crippen molar-refractivity contribution in [1.82, 2.24) is 0 Å². The van der Waals surface area contributed by atoms with Gasteiger partial charge in [0.25, 0.3) is 0 Å². The number of anilines is 3. The number of halogens is 2. The van der Waals surface area contributed by atoms with Crippen LogP contribution < -0.4 is 15.5 Å². The van der Waals surface area contributed by atoms with Gasteiger partial charge in [-0.1, -0.05) is 11.6 Å². The van der Waals surface area contributed by atoms with Gasteiger partial charge >= 0.3 is 11.8 Å². The van der Waals surface area contributed by atoms with E-state index in [1.165, 1.54) is 12.1 Å². The second-order valence-corrected chi connectivity index (χ2v) is 5.66. The second kappa shape index (κ2) is 8.48. The van der Waals surface area contributed by atoms with E-state index in [9.17, 15) is 14.0 Å². The van der Waals surface area contributed by atoms with E-state index in [1.807, 2.05) is 12.1 Å². The summed E-state index contributed by atoms with van der Waals surface area (Å²) in [5.41, 5.74) is 1.78. The van der Waals surface area contributed by atoms with Gasteiger partial charge in [-0.3, -0.25) is 9.59 Å². The molecule has 2 rings (SSSR count). The maximum absolute atomic E-state index is 13.1. The lowest BCUT2D eigenvalue weighted by Gasteiger charge is -2.21. The molecule has 0 spiro atoms. The summed E-state index contributed by atoms with van der Waals surface area (Å²) in [6.45, 7) is 5.88. The van der Waals surface area contributed by atoms with Crippen LogP contribution in [0.2, 0.25) is 5.02 Å². The number of hydrogen-bond donors (Lipinski definition) is 2. The van der Waals surface area contributed by atoms with Crippen molar-refractivity contribution in [3.05, 3.63) is 53.3 Å². The van der Waals surface area contributed by atoms with E-state index in [0.717, 1.165) is 24.8 Å². The van der Waals surface area contributed by atoms with E-state index in [2.05, 4.69) is 29.4 Å². The summed E-state index contributed by atoms with van der Waals surface area (Å²) < 4.78 is 13.1. The van der Waals surface area contributed by atoms with Gasteiger partial charge in [-0.2, -0.15) is 0 Å². The largest absolute Gasteiger partial charge is 0.372 e. The molecule has 0 aliphatic carbocycles. The van der Waals surface area contributed by atoms with Gasteiger partial charge < -0.3 is 15.5 Å². The minimum Gasteiger partial charge on any atom is -0.372 e. The van der Waals surface area contributed by atoms with Crippen molar-refractivity contribution in [2.45, 2.75) is 13.8 Å². The zero-order valence-electron chi connectivity index (χ0n) is 14.0. The molecule has 0 atom stereocenters. The molecule has 0 saturated carbocycles. The summed E-state index contributed by atoms with van der Waals surface area (Å²) in [6, 6.07) is 10.9. The normalized spacial score (nSPS) is 10.2. The Hall–Kier alpha value is -2.60. The van der Waals surface area contributed by atoms with Crippen molar-refractivity contribution in [2.24, 2.45) is 0 Å². The average Bonchev–Trinajstić information content (AvgIpc) is 2.60. The van der Waals surface area contributed by atoms with Gasteiger partial charge in [-0.25, -0.2) is 4.39 Å². The average molecular weight is 364 g/mol. The van der Waals surface area contributed by atoms with Gasteiger partial charge in [0.05, 0.1) is 5.02 Å². The molecule has 0 radical (unpaired) electrons. The van der Waals surface area contributed by atoms with Gasteiger partial charge in [0, 0.05) is 30.2 Å². The first-order valence-corrected chi connectivity index (χ1v) is 8.24. The Morgan fingerprint density at radius 3 is 2.00 bits per heavy atom. The fraction of sp³-hybridized carbons (Fsp3) is 0.222. The Kier molecular flexibility index (Phi) is 6.36. The van der Waals surface area contributed by atoms with Crippen LogP contribution in [0.1, 0.15) is 13.8 Å². The number of rotatable bonds is 5. The number of carbonyl (C=O) groups is 2. The maximum Gasteiger partial charge on any atom is 0.314 e. The molecule has 2 amide bonds. The van der Waals surface area contributed by atoms with Crippen LogP contribution in [0.3, 0.4) is 0 Å². The van der Waals surface area contributed by atoms with E-state index >= 15 is 0 Å². The Labute approximate surface area is 150 Å². The molecule has 2 aromatic rings. The molecule has 0 aliphatic heterocycles. The molecule has 7 heteroatoms. The standard InChI is InChI=1S/C18H19ClFN3O2/c1-3-23(4-2)14-8-5-12(6-9-14)21-17(24)18(25)22-13-7-10-16(20)15(19)11-13/h5-11H,3-4H2,1-2H3,(H,21,24)(H,22,25). The first-order valence-electron chi connectivity index (χ1n) is 7.87. The van der Waals surface area contributed by atoms with Crippen molar-refractivity contribution >= 4 is 40.5 Å². The zero-order valence-corrected chi connectivity index (χ0v) is 14.7. The molecule has 0 unspecified atom stereocenters. The van der Waals surface area contributed by atoms with Crippen LogP contribution in [-0.4, -0.2) is 24.9 Å². The van der Waals surface area contributed by atoms with Crippen LogP contribution in [0.4, 0.5) is 21.5 Å². The van der Waals surface area contributed by atoms with Crippen molar-refractivity contribution in [1.29, 1.82) is 0 Å². The minimum absolute atomic E-state index is 0.134. The van der Waals surface area contributed by atoms with Crippen LogP contribution in [0.15, 0.2) is 42.5 Å². The van der Waals surface area contributed by atoms with E-state index < -0.39 is 17.6 Å². The third-order valence-corrected chi connectivity index (χ3v) is 3.93. The van der Waals surface area contributed by atoms with Crippen LogP contribution in [0.25, 0.3) is 0 Å². The Balaban J connectivity index is 1.98. The first-order chi connectivity index (χ1) is 11.9. The lowest BCUT2D eigenvalue weighted by Crippen LogP contribution is -2.29. The second-order valence-electron chi connectivity index (χ2n) is 5.26.